The van der Waals surface area contributed by atoms with E-state index in [0.717, 1.165) is 11.1 Å². The van der Waals surface area contributed by atoms with Gasteiger partial charge in [-0.15, -0.1) is 12.4 Å². The summed E-state index contributed by atoms with van der Waals surface area (Å²) in [7, 11) is -0.955. The SMILES string of the molecule is Cc1c(Oc2ccc(C(C)N)cc2F)ccc2c1B(O)OC2.Cl.F. The van der Waals surface area contributed by atoms with Crippen LogP contribution >= 0.6 is 12.4 Å². The maximum absolute atomic E-state index is 14.1. The highest BCUT2D eigenvalue weighted by Crippen LogP contribution is 2.29. The van der Waals surface area contributed by atoms with Gasteiger partial charge in [-0.3, -0.25) is 4.70 Å². The molecule has 8 heteroatoms. The molecule has 1 atom stereocenters. The van der Waals surface area contributed by atoms with Gasteiger partial charge in [0.2, 0.25) is 0 Å². The Morgan fingerprint density at radius 1 is 1.29 bits per heavy atom. The molecule has 0 radical (unpaired) electrons. The monoisotopic (exact) mass is 357 g/mol. The second-order valence-electron chi connectivity index (χ2n) is 5.51. The molecule has 2 aromatic carbocycles. The first-order valence-corrected chi connectivity index (χ1v) is 7.12. The molecule has 0 fully saturated rings. The molecule has 1 aliphatic rings. The number of ether oxygens (including phenoxy) is 1. The molecule has 0 saturated heterocycles. The third-order valence-corrected chi connectivity index (χ3v) is 3.90. The van der Waals surface area contributed by atoms with Gasteiger partial charge in [0.05, 0.1) is 6.61 Å². The first kappa shape index (κ1) is 20.4. The number of halogens is 3. The Morgan fingerprint density at radius 2 is 1.96 bits per heavy atom. The van der Waals surface area contributed by atoms with E-state index >= 15 is 0 Å². The minimum Gasteiger partial charge on any atom is -0.454 e. The van der Waals surface area contributed by atoms with Crippen LogP contribution in [0.1, 0.15) is 29.7 Å². The van der Waals surface area contributed by atoms with Gasteiger partial charge in [0, 0.05) is 6.04 Å². The van der Waals surface area contributed by atoms with Crippen molar-refractivity contribution in [1.82, 2.24) is 0 Å². The number of nitrogens with two attached hydrogens (primary N) is 1. The molecule has 130 valence electrons. The van der Waals surface area contributed by atoms with Gasteiger partial charge >= 0.3 is 7.12 Å². The summed E-state index contributed by atoms with van der Waals surface area (Å²) in [5, 5.41) is 9.84. The molecule has 0 spiro atoms. The van der Waals surface area contributed by atoms with Crippen molar-refractivity contribution >= 4 is 25.0 Å². The van der Waals surface area contributed by atoms with E-state index in [2.05, 4.69) is 0 Å². The average Bonchev–Trinajstić information content (AvgIpc) is 2.85. The smallest absolute Gasteiger partial charge is 0.454 e. The summed E-state index contributed by atoms with van der Waals surface area (Å²) < 4.78 is 25.0. The Kier molecular flexibility index (Phi) is 6.74. The van der Waals surface area contributed by atoms with Crippen LogP contribution in [0.25, 0.3) is 0 Å². The van der Waals surface area contributed by atoms with Gasteiger partial charge in [0.25, 0.3) is 0 Å². The molecule has 3 N–H and O–H groups in total. The van der Waals surface area contributed by atoms with E-state index in [0.29, 0.717) is 23.4 Å². The fraction of sp³-hybridized carbons (Fsp3) is 0.250. The van der Waals surface area contributed by atoms with Crippen LogP contribution in [-0.4, -0.2) is 12.1 Å². The molecule has 0 bridgehead atoms. The quantitative estimate of drug-likeness (QED) is 0.829. The largest absolute Gasteiger partial charge is 0.492 e. The van der Waals surface area contributed by atoms with Crippen LogP contribution in [0.3, 0.4) is 0 Å². The summed E-state index contributed by atoms with van der Waals surface area (Å²) in [6.45, 7) is 3.98. The van der Waals surface area contributed by atoms with E-state index in [1.165, 1.54) is 6.07 Å². The zero-order chi connectivity index (χ0) is 15.9. The van der Waals surface area contributed by atoms with Crippen LogP contribution in [0.4, 0.5) is 9.09 Å². The van der Waals surface area contributed by atoms with Gasteiger partial charge in [-0.05, 0) is 54.2 Å². The molecule has 1 unspecified atom stereocenters. The highest BCUT2D eigenvalue weighted by molar-refractivity contribution is 6.62. The van der Waals surface area contributed by atoms with Crippen molar-refractivity contribution in [3.63, 3.8) is 0 Å². The van der Waals surface area contributed by atoms with E-state index < -0.39 is 12.9 Å². The Hall–Kier alpha value is -1.67. The van der Waals surface area contributed by atoms with Gasteiger partial charge in [0.1, 0.15) is 5.75 Å². The van der Waals surface area contributed by atoms with E-state index in [4.69, 9.17) is 15.1 Å². The zero-order valence-corrected chi connectivity index (χ0v) is 14.1. The standard InChI is InChI=1S/C16H17BFNO3.ClH.FH/c1-9-14(5-4-12-8-21-17(20)16(9)12)22-15-6-3-11(10(2)19)7-13(15)18;;/h3-7,10,20H,8,19H2,1-2H3;2*1H. The second-order valence-corrected chi connectivity index (χ2v) is 5.51. The summed E-state index contributed by atoms with van der Waals surface area (Å²) >= 11 is 0. The zero-order valence-electron chi connectivity index (χ0n) is 13.3. The van der Waals surface area contributed by atoms with Crippen molar-refractivity contribution in [3.05, 3.63) is 52.8 Å². The van der Waals surface area contributed by atoms with Crippen LogP contribution in [0, 0.1) is 12.7 Å². The summed E-state index contributed by atoms with van der Waals surface area (Å²) in [6.07, 6.45) is 0. The van der Waals surface area contributed by atoms with E-state index in [-0.39, 0.29) is 28.9 Å². The van der Waals surface area contributed by atoms with Crippen molar-refractivity contribution in [2.45, 2.75) is 26.5 Å². The van der Waals surface area contributed by atoms with Crippen molar-refractivity contribution < 1.29 is 23.5 Å². The van der Waals surface area contributed by atoms with Gasteiger partial charge in [-0.2, -0.15) is 0 Å². The van der Waals surface area contributed by atoms with Crippen LogP contribution < -0.4 is 15.9 Å². The number of fused-ring (bicyclic) bond motifs is 1. The van der Waals surface area contributed by atoms with E-state index in [1.54, 1.807) is 25.1 Å². The fourth-order valence-electron chi connectivity index (χ4n) is 2.60. The maximum Gasteiger partial charge on any atom is 0.492 e. The second kappa shape index (κ2) is 7.94. The fourth-order valence-corrected chi connectivity index (χ4v) is 2.60. The molecule has 0 saturated carbocycles. The molecule has 4 nitrogen and oxygen atoms in total. The molecular weight excluding hydrogens is 338 g/mol. The van der Waals surface area contributed by atoms with Crippen molar-refractivity contribution in [1.29, 1.82) is 0 Å². The minimum atomic E-state index is -0.955. The van der Waals surface area contributed by atoms with Crippen molar-refractivity contribution in [2.24, 2.45) is 5.73 Å². The summed E-state index contributed by atoms with van der Waals surface area (Å²) in [5.74, 6) is 0.156. The average molecular weight is 358 g/mol. The van der Waals surface area contributed by atoms with Crippen molar-refractivity contribution in [2.75, 3.05) is 0 Å². The molecule has 0 aliphatic carbocycles. The molecule has 24 heavy (non-hydrogen) atoms. The first-order chi connectivity index (χ1) is 10.5. The number of hydrogen-bond donors (Lipinski definition) is 2. The van der Waals surface area contributed by atoms with Crippen molar-refractivity contribution in [3.8, 4) is 11.5 Å². The highest BCUT2D eigenvalue weighted by Gasteiger charge is 2.30. The number of benzene rings is 2. The normalized spacial score (nSPS) is 13.6. The van der Waals surface area contributed by atoms with Crippen LogP contribution in [-0.2, 0) is 11.3 Å². The minimum absolute atomic E-state index is 0. The third kappa shape index (κ3) is 3.70. The van der Waals surface area contributed by atoms with Crippen LogP contribution in [0.15, 0.2) is 30.3 Å². The van der Waals surface area contributed by atoms with Gasteiger partial charge in [-0.25, -0.2) is 4.39 Å². The van der Waals surface area contributed by atoms with Gasteiger partial charge < -0.3 is 20.1 Å². The molecule has 3 rings (SSSR count). The molecule has 1 heterocycles. The molecule has 0 aromatic heterocycles. The predicted molar refractivity (Wildman–Crippen MR) is 92.4 cm³/mol. The predicted octanol–water partition coefficient (Wildman–Crippen LogP) is 2.74. The summed E-state index contributed by atoms with van der Waals surface area (Å²) in [4.78, 5) is 0. The lowest BCUT2D eigenvalue weighted by Gasteiger charge is -2.14. The topological polar surface area (TPSA) is 64.7 Å². The Labute approximate surface area is 145 Å². The van der Waals surface area contributed by atoms with Crippen LogP contribution in [0.2, 0.25) is 0 Å². The molecule has 0 amide bonds. The van der Waals surface area contributed by atoms with E-state index in [9.17, 15) is 9.41 Å². The van der Waals surface area contributed by atoms with E-state index in [1.807, 2.05) is 13.0 Å². The van der Waals surface area contributed by atoms with Crippen LogP contribution in [0.5, 0.6) is 11.5 Å². The summed E-state index contributed by atoms with van der Waals surface area (Å²) in [5.41, 5.74) is 8.81. The Morgan fingerprint density at radius 3 is 2.58 bits per heavy atom. The third-order valence-electron chi connectivity index (χ3n) is 3.90. The summed E-state index contributed by atoms with van der Waals surface area (Å²) in [6, 6.07) is 8.02. The van der Waals surface area contributed by atoms with Gasteiger partial charge in [0.15, 0.2) is 11.6 Å². The number of hydrogen-bond acceptors (Lipinski definition) is 4. The maximum atomic E-state index is 14.1. The first-order valence-electron chi connectivity index (χ1n) is 7.12. The number of rotatable bonds is 3. The molecule has 2 aromatic rings. The molecular formula is C16H19BClF2NO3. The van der Waals surface area contributed by atoms with Gasteiger partial charge in [-0.1, -0.05) is 12.1 Å². The lowest BCUT2D eigenvalue weighted by Crippen LogP contribution is -2.30. The lowest BCUT2D eigenvalue weighted by atomic mass is 9.76. The Balaban J connectivity index is 0.00000144. The lowest BCUT2D eigenvalue weighted by molar-refractivity contribution is 0.275. The highest BCUT2D eigenvalue weighted by atomic mass is 35.5. The Bertz CT molecular complexity index is 731. The molecule has 1 aliphatic heterocycles.